The topological polar surface area (TPSA) is 54.9 Å². The minimum atomic E-state index is -0.0819. The highest BCUT2D eigenvalue weighted by atomic mass is 35.5. The van der Waals surface area contributed by atoms with E-state index in [1.165, 1.54) is 0 Å². The number of hydrogen-bond donors (Lipinski definition) is 1. The monoisotopic (exact) mass is 329 g/mol. The van der Waals surface area contributed by atoms with E-state index in [0.29, 0.717) is 23.0 Å². The molecule has 2 heterocycles. The van der Waals surface area contributed by atoms with Crippen molar-refractivity contribution in [1.29, 1.82) is 0 Å². The molecule has 0 aliphatic heterocycles. The molecule has 0 atom stereocenters. The Bertz CT molecular complexity index is 772. The predicted octanol–water partition coefficient (Wildman–Crippen LogP) is 4.04. The second-order valence-corrected chi connectivity index (χ2v) is 6.08. The van der Waals surface area contributed by atoms with Crippen LogP contribution in [0.2, 0.25) is 5.02 Å². The van der Waals surface area contributed by atoms with E-state index in [4.69, 9.17) is 11.6 Å². The third kappa shape index (κ3) is 3.69. The third-order valence-corrected chi connectivity index (χ3v) is 4.04. The molecule has 1 aromatic carbocycles. The van der Waals surface area contributed by atoms with Gasteiger partial charge in [-0.25, -0.2) is 9.97 Å². The van der Waals surface area contributed by atoms with Gasteiger partial charge in [-0.1, -0.05) is 29.8 Å². The molecule has 1 amide bonds. The van der Waals surface area contributed by atoms with E-state index in [1.807, 2.05) is 29.6 Å². The van der Waals surface area contributed by atoms with Crippen molar-refractivity contribution in [3.05, 3.63) is 64.1 Å². The van der Waals surface area contributed by atoms with Crippen molar-refractivity contribution in [2.24, 2.45) is 0 Å². The molecule has 0 saturated heterocycles. The molecule has 0 saturated carbocycles. The van der Waals surface area contributed by atoms with Gasteiger partial charge in [0.15, 0.2) is 5.82 Å². The Labute approximate surface area is 136 Å². The number of amides is 1. The Morgan fingerprint density at radius 1 is 1.18 bits per heavy atom. The smallest absolute Gasteiger partial charge is 0.229 e. The number of thiophene rings is 1. The summed E-state index contributed by atoms with van der Waals surface area (Å²) in [6.07, 6.45) is 3.54. The van der Waals surface area contributed by atoms with Crippen molar-refractivity contribution in [3.8, 4) is 11.4 Å². The van der Waals surface area contributed by atoms with E-state index in [2.05, 4.69) is 15.3 Å². The van der Waals surface area contributed by atoms with Gasteiger partial charge in [-0.05, 0) is 23.6 Å². The van der Waals surface area contributed by atoms with Crippen LogP contribution in [0.1, 0.15) is 4.88 Å². The molecule has 0 spiro atoms. The van der Waals surface area contributed by atoms with Crippen LogP contribution < -0.4 is 5.32 Å². The summed E-state index contributed by atoms with van der Waals surface area (Å²) in [5, 5.41) is 5.37. The van der Waals surface area contributed by atoms with E-state index >= 15 is 0 Å². The summed E-state index contributed by atoms with van der Waals surface area (Å²) in [5.74, 6) is 0.486. The standard InChI is InChI=1S/C16H12ClN3OS/c17-12-4-1-3-11(7-12)16-18-9-13(10-19-16)20-15(21)8-14-5-2-6-22-14/h1-7,9-10H,8H2,(H,20,21). The quantitative estimate of drug-likeness (QED) is 0.786. The molecule has 0 radical (unpaired) electrons. The zero-order chi connectivity index (χ0) is 15.4. The minimum Gasteiger partial charge on any atom is -0.323 e. The molecule has 3 aromatic rings. The van der Waals surface area contributed by atoms with Crippen LogP contribution in [0.15, 0.2) is 54.2 Å². The average molecular weight is 330 g/mol. The van der Waals surface area contributed by atoms with Gasteiger partial charge in [-0.15, -0.1) is 11.3 Å². The molecular formula is C16H12ClN3OS. The first kappa shape index (κ1) is 14.7. The molecule has 3 rings (SSSR count). The highest BCUT2D eigenvalue weighted by Gasteiger charge is 2.07. The van der Waals surface area contributed by atoms with Gasteiger partial charge in [-0.3, -0.25) is 4.79 Å². The summed E-state index contributed by atoms with van der Waals surface area (Å²) in [4.78, 5) is 21.4. The molecule has 22 heavy (non-hydrogen) atoms. The van der Waals surface area contributed by atoms with Gasteiger partial charge in [0.25, 0.3) is 0 Å². The van der Waals surface area contributed by atoms with Gasteiger partial charge in [0.1, 0.15) is 0 Å². The molecule has 1 N–H and O–H groups in total. The lowest BCUT2D eigenvalue weighted by Gasteiger charge is -2.05. The maximum absolute atomic E-state index is 11.9. The molecule has 0 aliphatic carbocycles. The summed E-state index contributed by atoms with van der Waals surface area (Å²) in [7, 11) is 0. The van der Waals surface area contributed by atoms with Crippen LogP contribution in [0.5, 0.6) is 0 Å². The van der Waals surface area contributed by atoms with Gasteiger partial charge in [0.2, 0.25) is 5.91 Å². The van der Waals surface area contributed by atoms with Crippen LogP contribution >= 0.6 is 22.9 Å². The normalized spacial score (nSPS) is 10.4. The van der Waals surface area contributed by atoms with Crippen LogP contribution in [0.25, 0.3) is 11.4 Å². The Hall–Kier alpha value is -2.24. The molecule has 4 nitrogen and oxygen atoms in total. The average Bonchev–Trinajstić information content (AvgIpc) is 3.01. The zero-order valence-electron chi connectivity index (χ0n) is 11.5. The number of halogens is 1. The van der Waals surface area contributed by atoms with E-state index in [9.17, 15) is 4.79 Å². The number of hydrogen-bond acceptors (Lipinski definition) is 4. The summed E-state index contributed by atoms with van der Waals surface area (Å²) in [5.41, 5.74) is 1.41. The Morgan fingerprint density at radius 3 is 2.68 bits per heavy atom. The predicted molar refractivity (Wildman–Crippen MR) is 89.1 cm³/mol. The lowest BCUT2D eigenvalue weighted by atomic mass is 10.2. The van der Waals surface area contributed by atoms with E-state index in [-0.39, 0.29) is 5.91 Å². The summed E-state index contributed by atoms with van der Waals surface area (Å²) >= 11 is 7.51. The fourth-order valence-electron chi connectivity index (χ4n) is 1.95. The molecule has 0 bridgehead atoms. The van der Waals surface area contributed by atoms with Crippen molar-refractivity contribution in [2.75, 3.05) is 5.32 Å². The lowest BCUT2D eigenvalue weighted by molar-refractivity contribution is -0.115. The fourth-order valence-corrected chi connectivity index (χ4v) is 2.84. The van der Waals surface area contributed by atoms with Crippen molar-refractivity contribution < 1.29 is 4.79 Å². The molecule has 0 aliphatic rings. The van der Waals surface area contributed by atoms with Gasteiger partial charge >= 0.3 is 0 Å². The molecule has 2 aromatic heterocycles. The SMILES string of the molecule is O=C(Cc1cccs1)Nc1cnc(-c2cccc(Cl)c2)nc1. The van der Waals surface area contributed by atoms with Gasteiger partial charge in [0, 0.05) is 15.5 Å². The van der Waals surface area contributed by atoms with Crippen LogP contribution in [-0.4, -0.2) is 15.9 Å². The van der Waals surface area contributed by atoms with Crippen LogP contribution in [-0.2, 0) is 11.2 Å². The first-order chi connectivity index (χ1) is 10.7. The van der Waals surface area contributed by atoms with E-state index in [1.54, 1.807) is 35.9 Å². The number of nitrogens with zero attached hydrogens (tertiary/aromatic N) is 2. The summed E-state index contributed by atoms with van der Waals surface area (Å²) in [6.45, 7) is 0. The van der Waals surface area contributed by atoms with Crippen molar-refractivity contribution >= 4 is 34.5 Å². The first-order valence-electron chi connectivity index (χ1n) is 6.61. The van der Waals surface area contributed by atoms with Crippen LogP contribution in [0, 0.1) is 0 Å². The second-order valence-electron chi connectivity index (χ2n) is 4.61. The minimum absolute atomic E-state index is 0.0819. The Morgan fingerprint density at radius 2 is 2.00 bits per heavy atom. The van der Waals surface area contributed by atoms with E-state index in [0.717, 1.165) is 10.4 Å². The highest BCUT2D eigenvalue weighted by Crippen LogP contribution is 2.19. The first-order valence-corrected chi connectivity index (χ1v) is 7.87. The largest absolute Gasteiger partial charge is 0.323 e. The van der Waals surface area contributed by atoms with Crippen LogP contribution in [0.3, 0.4) is 0 Å². The molecule has 0 fully saturated rings. The maximum Gasteiger partial charge on any atom is 0.229 e. The fraction of sp³-hybridized carbons (Fsp3) is 0.0625. The number of carbonyl (C=O) groups is 1. The zero-order valence-corrected chi connectivity index (χ0v) is 13.1. The van der Waals surface area contributed by atoms with Gasteiger partial charge in [0.05, 0.1) is 24.5 Å². The number of aromatic nitrogens is 2. The second kappa shape index (κ2) is 6.68. The Balaban J connectivity index is 1.68. The number of benzene rings is 1. The van der Waals surface area contributed by atoms with Crippen molar-refractivity contribution in [2.45, 2.75) is 6.42 Å². The number of nitrogens with one attached hydrogen (secondary N) is 1. The number of rotatable bonds is 4. The van der Waals surface area contributed by atoms with Crippen LogP contribution in [0.4, 0.5) is 5.69 Å². The summed E-state index contributed by atoms with van der Waals surface area (Å²) < 4.78 is 0. The van der Waals surface area contributed by atoms with Gasteiger partial charge in [-0.2, -0.15) is 0 Å². The Kier molecular flexibility index (Phi) is 4.46. The van der Waals surface area contributed by atoms with Gasteiger partial charge < -0.3 is 5.32 Å². The lowest BCUT2D eigenvalue weighted by Crippen LogP contribution is -2.14. The van der Waals surface area contributed by atoms with Crippen molar-refractivity contribution in [1.82, 2.24) is 9.97 Å². The maximum atomic E-state index is 11.9. The summed E-state index contributed by atoms with van der Waals surface area (Å²) in [6, 6.07) is 11.2. The van der Waals surface area contributed by atoms with E-state index < -0.39 is 0 Å². The molecule has 110 valence electrons. The molecule has 6 heteroatoms. The number of carbonyl (C=O) groups excluding carboxylic acids is 1. The third-order valence-electron chi connectivity index (χ3n) is 2.93. The highest BCUT2D eigenvalue weighted by molar-refractivity contribution is 7.10. The molecule has 0 unspecified atom stereocenters. The molecular weight excluding hydrogens is 318 g/mol. The number of anilines is 1. The van der Waals surface area contributed by atoms with Crippen molar-refractivity contribution in [3.63, 3.8) is 0 Å².